The van der Waals surface area contributed by atoms with Gasteiger partial charge in [-0.05, 0) is 78.7 Å². The Bertz CT molecular complexity index is 1210. The molecule has 0 aliphatic heterocycles. The van der Waals surface area contributed by atoms with Crippen LogP contribution in [0.3, 0.4) is 0 Å². The standard InChI is InChI=1S/C35H46/c1-23-17-14-18-24(25-19-15-21-27(32(2,3)4)30(25)34(8,9)10)29(23)26-20-16-22-28(33(5,6)7)31(26)35(11,12)13/h1,14-22H,2-13H3. The zero-order chi connectivity index (χ0) is 26.6. The molecular formula is C35H46. The van der Waals surface area contributed by atoms with E-state index >= 15 is 0 Å². The average molecular weight is 467 g/mol. The van der Waals surface area contributed by atoms with Crippen LogP contribution in [-0.2, 0) is 21.7 Å². The first-order valence-electron chi connectivity index (χ1n) is 13.0. The Balaban J connectivity index is 2.52. The third kappa shape index (κ3) is 5.42. The van der Waals surface area contributed by atoms with E-state index in [1.54, 1.807) is 0 Å². The Labute approximate surface area is 216 Å². The summed E-state index contributed by atoms with van der Waals surface area (Å²) in [6.45, 7) is 34.6. The summed E-state index contributed by atoms with van der Waals surface area (Å²) in [6, 6.07) is 20.0. The van der Waals surface area contributed by atoms with Gasteiger partial charge in [0.15, 0.2) is 0 Å². The molecule has 0 fully saturated rings. The van der Waals surface area contributed by atoms with Crippen LogP contribution in [-0.4, -0.2) is 0 Å². The predicted octanol–water partition coefficient (Wildman–Crippen LogP) is 10.3. The summed E-state index contributed by atoms with van der Waals surface area (Å²) in [5, 5.41) is 0. The molecule has 3 aromatic carbocycles. The van der Waals surface area contributed by atoms with E-state index in [4.69, 9.17) is 6.92 Å². The van der Waals surface area contributed by atoms with E-state index in [2.05, 4.69) is 138 Å². The summed E-state index contributed by atoms with van der Waals surface area (Å²) in [6.07, 6.45) is 0. The average Bonchev–Trinajstić information content (AvgIpc) is 2.70. The van der Waals surface area contributed by atoms with Gasteiger partial charge in [0.1, 0.15) is 0 Å². The second kappa shape index (κ2) is 8.95. The smallest absolute Gasteiger partial charge is 0.000521 e. The van der Waals surface area contributed by atoms with Gasteiger partial charge in [-0.15, -0.1) is 0 Å². The maximum atomic E-state index is 6.85. The lowest BCUT2D eigenvalue weighted by Crippen LogP contribution is -2.24. The Kier molecular flexibility index (Phi) is 6.97. The minimum Gasteiger partial charge on any atom is -0.0613 e. The normalized spacial score (nSPS) is 13.3. The molecule has 0 spiro atoms. The van der Waals surface area contributed by atoms with Gasteiger partial charge in [-0.2, -0.15) is 0 Å². The van der Waals surface area contributed by atoms with Crippen molar-refractivity contribution in [3.05, 3.63) is 89.3 Å². The first-order chi connectivity index (χ1) is 15.8. The highest BCUT2D eigenvalue weighted by Gasteiger charge is 2.32. The van der Waals surface area contributed by atoms with Crippen molar-refractivity contribution in [3.63, 3.8) is 0 Å². The topological polar surface area (TPSA) is 0 Å². The van der Waals surface area contributed by atoms with Crippen molar-refractivity contribution < 1.29 is 0 Å². The van der Waals surface area contributed by atoms with Crippen LogP contribution < -0.4 is 0 Å². The molecule has 0 heteroatoms. The number of rotatable bonds is 2. The number of hydrogen-bond donors (Lipinski definition) is 0. The molecule has 35 heavy (non-hydrogen) atoms. The van der Waals surface area contributed by atoms with Gasteiger partial charge >= 0.3 is 0 Å². The highest BCUT2D eigenvalue weighted by Crippen LogP contribution is 2.47. The monoisotopic (exact) mass is 466 g/mol. The van der Waals surface area contributed by atoms with Crippen LogP contribution in [0.5, 0.6) is 0 Å². The second-order valence-corrected chi connectivity index (χ2v) is 14.2. The molecule has 3 aromatic rings. The predicted molar refractivity (Wildman–Crippen MR) is 156 cm³/mol. The van der Waals surface area contributed by atoms with E-state index in [1.165, 1.54) is 38.9 Å². The van der Waals surface area contributed by atoms with Gasteiger partial charge in [-0.1, -0.05) is 138 Å². The van der Waals surface area contributed by atoms with Crippen molar-refractivity contribution in [2.75, 3.05) is 0 Å². The Morgan fingerprint density at radius 3 is 1.23 bits per heavy atom. The van der Waals surface area contributed by atoms with Crippen molar-refractivity contribution in [1.82, 2.24) is 0 Å². The van der Waals surface area contributed by atoms with E-state index in [0.29, 0.717) is 0 Å². The quantitative estimate of drug-likeness (QED) is 0.352. The molecule has 0 heterocycles. The zero-order valence-corrected chi connectivity index (χ0v) is 24.3. The molecule has 0 nitrogen and oxygen atoms in total. The van der Waals surface area contributed by atoms with Crippen LogP contribution in [0.2, 0.25) is 0 Å². The lowest BCUT2D eigenvalue weighted by molar-refractivity contribution is 0.531. The minimum absolute atomic E-state index is 0.0127. The third-order valence-corrected chi connectivity index (χ3v) is 6.90. The molecule has 0 unspecified atom stereocenters. The first-order valence-corrected chi connectivity index (χ1v) is 13.0. The van der Waals surface area contributed by atoms with Crippen molar-refractivity contribution in [1.29, 1.82) is 0 Å². The zero-order valence-electron chi connectivity index (χ0n) is 24.3. The fourth-order valence-electron chi connectivity index (χ4n) is 5.50. The summed E-state index contributed by atoms with van der Waals surface area (Å²) in [5.41, 5.74) is 11.4. The van der Waals surface area contributed by atoms with Crippen LogP contribution >= 0.6 is 0 Å². The lowest BCUT2D eigenvalue weighted by Gasteiger charge is -2.35. The van der Waals surface area contributed by atoms with Crippen LogP contribution in [0.1, 0.15) is 111 Å². The summed E-state index contributed by atoms with van der Waals surface area (Å²) in [4.78, 5) is 0. The Morgan fingerprint density at radius 1 is 0.429 bits per heavy atom. The molecule has 0 aliphatic rings. The minimum atomic E-state index is -0.0289. The fraction of sp³-hybridized carbons (Fsp3) is 0.457. The third-order valence-electron chi connectivity index (χ3n) is 6.90. The molecule has 2 radical (unpaired) electrons. The van der Waals surface area contributed by atoms with Crippen LogP contribution in [0.25, 0.3) is 22.3 Å². The van der Waals surface area contributed by atoms with Crippen LogP contribution in [0.15, 0.2) is 54.6 Å². The number of benzene rings is 3. The maximum absolute atomic E-state index is 6.85. The molecule has 0 N–H and O–H groups in total. The molecule has 3 rings (SSSR count). The van der Waals surface area contributed by atoms with Crippen LogP contribution in [0.4, 0.5) is 0 Å². The highest BCUT2D eigenvalue weighted by atomic mass is 14.4. The molecule has 0 atom stereocenters. The van der Waals surface area contributed by atoms with Gasteiger partial charge in [0.05, 0.1) is 0 Å². The van der Waals surface area contributed by atoms with E-state index in [0.717, 1.165) is 11.1 Å². The van der Waals surface area contributed by atoms with Gasteiger partial charge in [-0.25, -0.2) is 0 Å². The van der Waals surface area contributed by atoms with Gasteiger partial charge in [0, 0.05) is 0 Å². The van der Waals surface area contributed by atoms with E-state index in [1.807, 2.05) is 0 Å². The van der Waals surface area contributed by atoms with Gasteiger partial charge in [0.2, 0.25) is 0 Å². The van der Waals surface area contributed by atoms with E-state index in [9.17, 15) is 0 Å². The SMILES string of the molecule is [CH]c1cccc(-c2cccc(C(C)(C)C)c2C(C)(C)C)c1-c1cccc(C(C)(C)C)c1C(C)(C)C. The Morgan fingerprint density at radius 2 is 0.800 bits per heavy atom. The molecule has 186 valence electrons. The highest BCUT2D eigenvalue weighted by molar-refractivity contribution is 5.90. The Hall–Kier alpha value is -2.34. The molecule has 0 saturated heterocycles. The summed E-state index contributed by atoms with van der Waals surface area (Å²) in [7, 11) is 0. The summed E-state index contributed by atoms with van der Waals surface area (Å²) in [5.74, 6) is 0. The fourth-order valence-corrected chi connectivity index (χ4v) is 5.50. The molecule has 0 amide bonds. The van der Waals surface area contributed by atoms with E-state index < -0.39 is 0 Å². The summed E-state index contributed by atoms with van der Waals surface area (Å²) >= 11 is 0. The van der Waals surface area contributed by atoms with Crippen molar-refractivity contribution in [2.45, 2.75) is 105 Å². The molecule has 0 bridgehead atoms. The largest absolute Gasteiger partial charge is 0.0613 e. The molecule has 0 saturated carbocycles. The summed E-state index contributed by atoms with van der Waals surface area (Å²) < 4.78 is 0. The first kappa shape index (κ1) is 27.3. The lowest BCUT2D eigenvalue weighted by atomic mass is 9.69. The van der Waals surface area contributed by atoms with Crippen molar-refractivity contribution in [2.24, 2.45) is 0 Å². The van der Waals surface area contributed by atoms with Gasteiger partial charge in [0.25, 0.3) is 0 Å². The molecule has 0 aliphatic carbocycles. The maximum Gasteiger partial charge on any atom is -0.000521 e. The van der Waals surface area contributed by atoms with Gasteiger partial charge < -0.3 is 0 Å². The van der Waals surface area contributed by atoms with Crippen molar-refractivity contribution >= 4 is 0 Å². The molecular weight excluding hydrogens is 420 g/mol. The molecule has 0 aromatic heterocycles. The van der Waals surface area contributed by atoms with Crippen molar-refractivity contribution in [3.8, 4) is 22.3 Å². The van der Waals surface area contributed by atoms with Gasteiger partial charge in [-0.3, -0.25) is 0 Å². The second-order valence-electron chi connectivity index (χ2n) is 14.2. The number of hydrogen-bond acceptors (Lipinski definition) is 0. The van der Waals surface area contributed by atoms with Crippen LogP contribution in [0, 0.1) is 6.92 Å². The van der Waals surface area contributed by atoms with E-state index in [-0.39, 0.29) is 21.7 Å².